The molecule has 7 heteroatoms. The molecule has 0 bridgehead atoms. The molecule has 2 saturated carbocycles. The molecule has 3 atom stereocenters. The van der Waals surface area contributed by atoms with Gasteiger partial charge in [-0.15, -0.1) is 0 Å². The largest absolute Gasteiger partial charge is 0.391 e. The molecule has 0 spiro atoms. The highest BCUT2D eigenvalue weighted by molar-refractivity contribution is 5.94. The number of carbonyl (C=O) groups is 1. The fourth-order valence-electron chi connectivity index (χ4n) is 3.54. The summed E-state index contributed by atoms with van der Waals surface area (Å²) >= 11 is 0. The van der Waals surface area contributed by atoms with Crippen molar-refractivity contribution in [3.8, 4) is 0 Å². The second kappa shape index (κ2) is 5.81. The lowest BCUT2D eigenvalue weighted by Crippen LogP contribution is -2.40. The lowest BCUT2D eigenvalue weighted by atomic mass is 10.1. The number of rotatable bonds is 5. The van der Waals surface area contributed by atoms with E-state index in [1.165, 1.54) is 0 Å². The number of amides is 1. The number of nitrogens with zero attached hydrogens (tertiary/aromatic N) is 3. The van der Waals surface area contributed by atoms with Gasteiger partial charge in [-0.1, -0.05) is 0 Å². The molecule has 2 fully saturated rings. The van der Waals surface area contributed by atoms with E-state index in [-0.39, 0.29) is 11.9 Å². The van der Waals surface area contributed by atoms with Gasteiger partial charge in [0.1, 0.15) is 5.69 Å². The van der Waals surface area contributed by atoms with E-state index in [1.807, 2.05) is 10.8 Å². The van der Waals surface area contributed by atoms with Crippen molar-refractivity contribution in [2.75, 3.05) is 0 Å². The Bertz CT molecular complexity index is 676. The van der Waals surface area contributed by atoms with Crippen LogP contribution in [-0.2, 0) is 6.54 Å². The number of carbonyl (C=O) groups excluding carboxylic acids is 1. The lowest BCUT2D eigenvalue weighted by molar-refractivity contribution is 0.0867. The minimum Gasteiger partial charge on any atom is -0.391 e. The van der Waals surface area contributed by atoms with Crippen LogP contribution in [0.2, 0.25) is 0 Å². The molecule has 0 radical (unpaired) electrons. The average Bonchev–Trinajstić information content (AvgIpc) is 2.94. The summed E-state index contributed by atoms with van der Waals surface area (Å²) in [7, 11) is 0. The van der Waals surface area contributed by atoms with Crippen LogP contribution in [0.15, 0.2) is 24.9 Å². The van der Waals surface area contributed by atoms with Crippen LogP contribution >= 0.6 is 0 Å². The molecule has 7 nitrogen and oxygen atoms in total. The van der Waals surface area contributed by atoms with E-state index in [2.05, 4.69) is 20.5 Å². The zero-order valence-electron chi connectivity index (χ0n) is 12.9. The fraction of sp³-hybridized carbons (Fsp3) is 0.562. The Morgan fingerprint density at radius 1 is 1.43 bits per heavy atom. The summed E-state index contributed by atoms with van der Waals surface area (Å²) in [6.45, 7) is 0.820. The minimum absolute atomic E-state index is 0.156. The monoisotopic (exact) mass is 315 g/mol. The maximum Gasteiger partial charge on any atom is 0.269 e. The van der Waals surface area contributed by atoms with Crippen molar-refractivity contribution in [3.05, 3.63) is 36.2 Å². The molecular weight excluding hydrogens is 294 g/mol. The van der Waals surface area contributed by atoms with Crippen molar-refractivity contribution in [2.24, 2.45) is 5.92 Å². The average molecular weight is 315 g/mol. The standard InChI is InChI=1S/C16H21N5O2/c22-14-6-10(8-21-4-3-17-9-21)5-13(14)19-16(23)15-12(7-18-20-15)11-1-2-11/h3-4,7,9-11,13-14,22H,1-2,5-6,8H2,(H,18,20)(H,19,23)/t10?,13-,14-/m1/s1. The first-order valence-corrected chi connectivity index (χ1v) is 8.18. The van der Waals surface area contributed by atoms with E-state index in [0.29, 0.717) is 24.0 Å². The van der Waals surface area contributed by atoms with Gasteiger partial charge in [-0.05, 0) is 37.5 Å². The van der Waals surface area contributed by atoms with Gasteiger partial charge in [0, 0.05) is 24.5 Å². The quantitative estimate of drug-likeness (QED) is 0.768. The highest BCUT2D eigenvalue weighted by Gasteiger charge is 2.36. The zero-order chi connectivity index (χ0) is 15.8. The van der Waals surface area contributed by atoms with Gasteiger partial charge in [0.15, 0.2) is 0 Å². The second-order valence-corrected chi connectivity index (χ2v) is 6.72. The normalized spacial score (nSPS) is 27.3. The molecule has 4 rings (SSSR count). The van der Waals surface area contributed by atoms with Crippen LogP contribution in [0.5, 0.6) is 0 Å². The third-order valence-corrected chi connectivity index (χ3v) is 4.88. The van der Waals surface area contributed by atoms with Crippen LogP contribution in [0, 0.1) is 5.92 Å². The van der Waals surface area contributed by atoms with Crippen LogP contribution in [0.3, 0.4) is 0 Å². The van der Waals surface area contributed by atoms with Crippen LogP contribution in [0.1, 0.15) is 47.7 Å². The summed E-state index contributed by atoms with van der Waals surface area (Å²) in [5.74, 6) is 0.655. The molecule has 122 valence electrons. The number of hydrogen-bond acceptors (Lipinski definition) is 4. The Labute approximate surface area is 134 Å². The van der Waals surface area contributed by atoms with Gasteiger partial charge >= 0.3 is 0 Å². The SMILES string of the molecule is O=C(N[C@@H]1CC(Cn2ccnc2)C[C@H]1O)c1[nH]ncc1C1CC1. The maximum absolute atomic E-state index is 12.5. The third-order valence-electron chi connectivity index (χ3n) is 4.88. The highest BCUT2D eigenvalue weighted by Crippen LogP contribution is 2.41. The van der Waals surface area contributed by atoms with E-state index in [4.69, 9.17) is 0 Å². The number of aromatic amines is 1. The molecule has 3 N–H and O–H groups in total. The first-order chi connectivity index (χ1) is 11.2. The number of aliphatic hydroxyl groups is 1. The molecule has 1 amide bonds. The Morgan fingerprint density at radius 2 is 2.30 bits per heavy atom. The van der Waals surface area contributed by atoms with Crippen molar-refractivity contribution in [1.29, 1.82) is 0 Å². The smallest absolute Gasteiger partial charge is 0.269 e. The molecule has 0 aromatic carbocycles. The van der Waals surface area contributed by atoms with E-state index in [0.717, 1.165) is 31.4 Å². The number of imidazole rings is 1. The van der Waals surface area contributed by atoms with E-state index < -0.39 is 6.10 Å². The summed E-state index contributed by atoms with van der Waals surface area (Å²) in [5, 5.41) is 20.0. The molecule has 1 unspecified atom stereocenters. The fourth-order valence-corrected chi connectivity index (χ4v) is 3.54. The first-order valence-electron chi connectivity index (χ1n) is 8.18. The molecule has 23 heavy (non-hydrogen) atoms. The molecule has 2 aromatic rings. The van der Waals surface area contributed by atoms with Gasteiger partial charge in [0.25, 0.3) is 5.91 Å². The summed E-state index contributed by atoms with van der Waals surface area (Å²) in [5.41, 5.74) is 1.56. The van der Waals surface area contributed by atoms with Crippen molar-refractivity contribution in [3.63, 3.8) is 0 Å². The van der Waals surface area contributed by atoms with Gasteiger partial charge in [0.05, 0.1) is 24.7 Å². The lowest BCUT2D eigenvalue weighted by Gasteiger charge is -2.16. The van der Waals surface area contributed by atoms with Gasteiger partial charge in [-0.2, -0.15) is 5.10 Å². The molecular formula is C16H21N5O2. The number of aromatic nitrogens is 4. The van der Waals surface area contributed by atoms with Gasteiger partial charge in [-0.3, -0.25) is 9.89 Å². The molecule has 2 aliphatic rings. The highest BCUT2D eigenvalue weighted by atomic mass is 16.3. The first kappa shape index (κ1) is 14.4. The van der Waals surface area contributed by atoms with Gasteiger partial charge in [-0.25, -0.2) is 4.98 Å². The molecule has 2 heterocycles. The predicted octanol–water partition coefficient (Wildman–Crippen LogP) is 1.05. The van der Waals surface area contributed by atoms with Crippen molar-refractivity contribution >= 4 is 5.91 Å². The molecule has 0 aliphatic heterocycles. The molecule has 2 aliphatic carbocycles. The Morgan fingerprint density at radius 3 is 3.04 bits per heavy atom. The van der Waals surface area contributed by atoms with Crippen LogP contribution in [0.4, 0.5) is 0 Å². The maximum atomic E-state index is 12.5. The van der Waals surface area contributed by atoms with E-state index >= 15 is 0 Å². The summed E-state index contributed by atoms with van der Waals surface area (Å²) in [6, 6.07) is -0.202. The van der Waals surface area contributed by atoms with Crippen molar-refractivity contribution < 1.29 is 9.90 Å². The Balaban J connectivity index is 1.38. The third kappa shape index (κ3) is 3.01. The molecule has 0 saturated heterocycles. The van der Waals surface area contributed by atoms with Crippen LogP contribution in [0.25, 0.3) is 0 Å². The molecule has 2 aromatic heterocycles. The second-order valence-electron chi connectivity index (χ2n) is 6.72. The van der Waals surface area contributed by atoms with E-state index in [1.54, 1.807) is 18.7 Å². The van der Waals surface area contributed by atoms with Crippen molar-refractivity contribution in [2.45, 2.75) is 50.3 Å². The summed E-state index contributed by atoms with van der Waals surface area (Å²) in [4.78, 5) is 16.5. The predicted molar refractivity (Wildman–Crippen MR) is 82.8 cm³/mol. The topological polar surface area (TPSA) is 95.8 Å². The van der Waals surface area contributed by atoms with Crippen molar-refractivity contribution in [1.82, 2.24) is 25.1 Å². The van der Waals surface area contributed by atoms with Gasteiger partial charge < -0.3 is 15.0 Å². The Hall–Kier alpha value is -2.15. The summed E-state index contributed by atoms with van der Waals surface area (Å²) < 4.78 is 2.02. The zero-order valence-corrected chi connectivity index (χ0v) is 12.9. The number of H-pyrrole nitrogens is 1. The summed E-state index contributed by atoms with van der Waals surface area (Å²) in [6.07, 6.45) is 10.4. The number of hydrogen-bond donors (Lipinski definition) is 3. The number of aliphatic hydroxyl groups excluding tert-OH is 1. The van der Waals surface area contributed by atoms with Crippen LogP contribution < -0.4 is 5.32 Å². The van der Waals surface area contributed by atoms with Gasteiger partial charge in [0.2, 0.25) is 0 Å². The van der Waals surface area contributed by atoms with Crippen LogP contribution in [-0.4, -0.2) is 42.9 Å². The van der Waals surface area contributed by atoms with E-state index in [9.17, 15) is 9.90 Å². The number of nitrogens with one attached hydrogen (secondary N) is 2. The minimum atomic E-state index is -0.500. The Kier molecular flexibility index (Phi) is 3.65.